The third kappa shape index (κ3) is 2.32. The zero-order valence-electron chi connectivity index (χ0n) is 10.5. The van der Waals surface area contributed by atoms with Crippen molar-refractivity contribution in [3.8, 4) is 0 Å². The van der Waals surface area contributed by atoms with Gasteiger partial charge in [-0.25, -0.2) is 0 Å². The van der Waals surface area contributed by atoms with E-state index in [4.69, 9.17) is 4.74 Å². The number of benzene rings is 1. The molecule has 1 saturated heterocycles. The van der Waals surface area contributed by atoms with Crippen LogP contribution in [0, 0.1) is 0 Å². The van der Waals surface area contributed by atoms with E-state index in [9.17, 15) is 0 Å². The summed E-state index contributed by atoms with van der Waals surface area (Å²) in [4.78, 5) is 2.45. The van der Waals surface area contributed by atoms with Gasteiger partial charge in [-0.3, -0.25) is 4.90 Å². The third-order valence-corrected chi connectivity index (χ3v) is 4.09. The van der Waals surface area contributed by atoms with Gasteiger partial charge in [0.1, 0.15) is 0 Å². The quantitative estimate of drug-likeness (QED) is 0.849. The lowest BCUT2D eigenvalue weighted by atomic mass is 10.2. The van der Waals surface area contributed by atoms with Crippen LogP contribution in [-0.2, 0) is 18.3 Å². The Labute approximate surface area is 115 Å². The molecule has 4 heteroatoms. The normalized spacial score (nSPS) is 17.4. The van der Waals surface area contributed by atoms with Gasteiger partial charge in [0.15, 0.2) is 0 Å². The van der Waals surface area contributed by atoms with E-state index in [0.717, 1.165) is 37.3 Å². The van der Waals surface area contributed by atoms with Crippen LogP contribution in [0.4, 0.5) is 0 Å². The topological polar surface area (TPSA) is 17.4 Å². The van der Waals surface area contributed by atoms with Crippen molar-refractivity contribution in [2.75, 3.05) is 26.3 Å². The Morgan fingerprint density at radius 1 is 1.22 bits per heavy atom. The SMILES string of the molecule is Cn1c(CN2CCOCC2)cc2cc(Br)ccc21. The second kappa shape index (κ2) is 5.03. The van der Waals surface area contributed by atoms with Gasteiger partial charge in [0.25, 0.3) is 0 Å². The van der Waals surface area contributed by atoms with Crippen molar-refractivity contribution >= 4 is 26.8 Å². The summed E-state index contributed by atoms with van der Waals surface area (Å²) in [5, 5.41) is 1.30. The van der Waals surface area contributed by atoms with E-state index in [1.807, 2.05) is 0 Å². The summed E-state index contributed by atoms with van der Waals surface area (Å²) < 4.78 is 8.81. The van der Waals surface area contributed by atoms with Gasteiger partial charge in [0.2, 0.25) is 0 Å². The molecule has 1 aliphatic heterocycles. The first-order valence-corrected chi connectivity index (χ1v) is 7.07. The molecule has 3 rings (SSSR count). The molecule has 2 aromatic rings. The van der Waals surface area contributed by atoms with Crippen LogP contribution in [0.2, 0.25) is 0 Å². The van der Waals surface area contributed by atoms with Crippen molar-refractivity contribution in [3.05, 3.63) is 34.4 Å². The summed E-state index contributed by atoms with van der Waals surface area (Å²) in [6.07, 6.45) is 0. The predicted octanol–water partition coefficient (Wildman–Crippen LogP) is 2.77. The maximum atomic E-state index is 5.39. The van der Waals surface area contributed by atoms with Crippen LogP contribution >= 0.6 is 15.9 Å². The molecule has 2 heterocycles. The van der Waals surface area contributed by atoms with Crippen LogP contribution in [0.25, 0.3) is 10.9 Å². The van der Waals surface area contributed by atoms with Gasteiger partial charge < -0.3 is 9.30 Å². The lowest BCUT2D eigenvalue weighted by molar-refractivity contribution is 0.0333. The minimum absolute atomic E-state index is 0.857. The van der Waals surface area contributed by atoms with E-state index >= 15 is 0 Å². The summed E-state index contributed by atoms with van der Waals surface area (Å²) in [7, 11) is 2.14. The number of ether oxygens (including phenoxy) is 1. The molecular weight excluding hydrogens is 292 g/mol. The Morgan fingerprint density at radius 2 is 2.00 bits per heavy atom. The number of fused-ring (bicyclic) bond motifs is 1. The molecule has 0 bridgehead atoms. The fourth-order valence-corrected chi connectivity index (χ4v) is 2.90. The van der Waals surface area contributed by atoms with Gasteiger partial charge in [0, 0.05) is 47.8 Å². The van der Waals surface area contributed by atoms with Crippen LogP contribution in [0.15, 0.2) is 28.7 Å². The minimum atomic E-state index is 0.857. The molecule has 0 N–H and O–H groups in total. The van der Waals surface area contributed by atoms with Gasteiger partial charge in [-0.2, -0.15) is 0 Å². The van der Waals surface area contributed by atoms with Gasteiger partial charge in [-0.1, -0.05) is 15.9 Å². The molecule has 1 aromatic heterocycles. The fraction of sp³-hybridized carbons (Fsp3) is 0.429. The van der Waals surface area contributed by atoms with Crippen LogP contribution in [-0.4, -0.2) is 35.8 Å². The van der Waals surface area contributed by atoms with Crippen LogP contribution in [0.5, 0.6) is 0 Å². The standard InChI is InChI=1S/C14H17BrN2O/c1-16-13(10-17-4-6-18-7-5-17)9-11-8-12(15)2-3-14(11)16/h2-3,8-9H,4-7,10H2,1H3. The molecule has 18 heavy (non-hydrogen) atoms. The first-order chi connectivity index (χ1) is 8.74. The molecule has 96 valence electrons. The summed E-state index contributed by atoms with van der Waals surface area (Å²) in [5.74, 6) is 0. The predicted molar refractivity (Wildman–Crippen MR) is 76.7 cm³/mol. The lowest BCUT2D eigenvalue weighted by Gasteiger charge is -2.26. The van der Waals surface area contributed by atoms with Crippen molar-refractivity contribution < 1.29 is 4.74 Å². The Morgan fingerprint density at radius 3 is 2.78 bits per heavy atom. The number of rotatable bonds is 2. The Bertz CT molecular complexity index is 558. The number of morpholine rings is 1. The fourth-order valence-electron chi connectivity index (χ4n) is 2.52. The number of hydrogen-bond acceptors (Lipinski definition) is 2. The molecule has 1 aliphatic rings. The highest BCUT2D eigenvalue weighted by atomic mass is 79.9. The molecule has 1 aromatic carbocycles. The minimum Gasteiger partial charge on any atom is -0.379 e. The monoisotopic (exact) mass is 308 g/mol. The molecule has 0 aliphatic carbocycles. The van der Waals surface area contributed by atoms with E-state index in [0.29, 0.717) is 0 Å². The number of nitrogens with zero attached hydrogens (tertiary/aromatic N) is 2. The molecule has 0 unspecified atom stereocenters. The maximum absolute atomic E-state index is 5.39. The largest absolute Gasteiger partial charge is 0.379 e. The molecule has 0 atom stereocenters. The van der Waals surface area contributed by atoms with E-state index in [1.165, 1.54) is 16.6 Å². The number of aryl methyl sites for hydroxylation is 1. The van der Waals surface area contributed by atoms with Gasteiger partial charge in [-0.15, -0.1) is 0 Å². The Balaban J connectivity index is 1.89. The molecule has 0 radical (unpaired) electrons. The average Bonchev–Trinajstić information content (AvgIpc) is 2.67. The second-order valence-electron chi connectivity index (χ2n) is 4.79. The molecular formula is C14H17BrN2O. The summed E-state index contributed by atoms with van der Waals surface area (Å²) >= 11 is 3.53. The molecule has 1 fully saturated rings. The van der Waals surface area contributed by atoms with Crippen LogP contribution in [0.1, 0.15) is 5.69 Å². The maximum Gasteiger partial charge on any atom is 0.0594 e. The van der Waals surface area contributed by atoms with Crippen molar-refractivity contribution in [2.45, 2.75) is 6.54 Å². The average molecular weight is 309 g/mol. The Kier molecular flexibility index (Phi) is 3.41. The van der Waals surface area contributed by atoms with Crippen LogP contribution in [0.3, 0.4) is 0 Å². The molecule has 0 amide bonds. The van der Waals surface area contributed by atoms with E-state index in [1.54, 1.807) is 0 Å². The zero-order valence-corrected chi connectivity index (χ0v) is 12.1. The van der Waals surface area contributed by atoms with Crippen molar-refractivity contribution in [2.24, 2.45) is 7.05 Å². The highest BCUT2D eigenvalue weighted by Gasteiger charge is 2.13. The van der Waals surface area contributed by atoms with E-state index < -0.39 is 0 Å². The number of aromatic nitrogens is 1. The molecule has 3 nitrogen and oxygen atoms in total. The van der Waals surface area contributed by atoms with Crippen molar-refractivity contribution in [3.63, 3.8) is 0 Å². The highest BCUT2D eigenvalue weighted by Crippen LogP contribution is 2.23. The highest BCUT2D eigenvalue weighted by molar-refractivity contribution is 9.10. The van der Waals surface area contributed by atoms with E-state index in [2.05, 4.69) is 56.7 Å². The van der Waals surface area contributed by atoms with Gasteiger partial charge in [-0.05, 0) is 24.3 Å². The number of halogens is 1. The van der Waals surface area contributed by atoms with Crippen LogP contribution < -0.4 is 0 Å². The van der Waals surface area contributed by atoms with Crippen molar-refractivity contribution in [1.29, 1.82) is 0 Å². The van der Waals surface area contributed by atoms with E-state index in [-0.39, 0.29) is 0 Å². The summed E-state index contributed by atoms with van der Waals surface area (Å²) in [6, 6.07) is 8.73. The Hall–Kier alpha value is -0.840. The second-order valence-corrected chi connectivity index (χ2v) is 5.70. The first-order valence-electron chi connectivity index (χ1n) is 6.28. The third-order valence-electron chi connectivity index (χ3n) is 3.59. The summed E-state index contributed by atoms with van der Waals surface area (Å²) in [6.45, 7) is 4.79. The number of hydrogen-bond donors (Lipinski definition) is 0. The molecule has 0 spiro atoms. The molecule has 0 saturated carbocycles. The van der Waals surface area contributed by atoms with Gasteiger partial charge >= 0.3 is 0 Å². The lowest BCUT2D eigenvalue weighted by Crippen LogP contribution is -2.36. The van der Waals surface area contributed by atoms with Crippen molar-refractivity contribution in [1.82, 2.24) is 9.47 Å². The first kappa shape index (κ1) is 12.2. The summed E-state index contributed by atoms with van der Waals surface area (Å²) in [5.41, 5.74) is 2.66. The van der Waals surface area contributed by atoms with Gasteiger partial charge in [0.05, 0.1) is 13.2 Å². The zero-order chi connectivity index (χ0) is 12.5. The smallest absolute Gasteiger partial charge is 0.0594 e.